The molecule has 0 aromatic carbocycles. The standard InChI is InChI=1S/C3H9N.2O.Ti/c1-2-3-4;;;/h2-4H2,1H3;;;/q;2*-2;+4. The Balaban J connectivity index is -0.0000000150. The van der Waals surface area contributed by atoms with Crippen LogP contribution in [0, 0.1) is 0 Å². The molecule has 2 N–H and O–H groups in total. The summed E-state index contributed by atoms with van der Waals surface area (Å²) < 4.78 is 0. The minimum absolute atomic E-state index is 0. The molecule has 0 aromatic rings. The molecule has 0 aromatic heterocycles. The van der Waals surface area contributed by atoms with Gasteiger partial charge in [-0.3, -0.25) is 0 Å². The minimum Gasteiger partial charge on any atom is -2.00 e. The van der Waals surface area contributed by atoms with Gasteiger partial charge >= 0.3 is 21.7 Å². The average Bonchev–Trinajstić information content (AvgIpc) is 1.37. The van der Waals surface area contributed by atoms with Gasteiger partial charge in [0.05, 0.1) is 0 Å². The fourth-order valence-electron chi connectivity index (χ4n) is 0. The first-order valence-corrected chi connectivity index (χ1v) is 1.62. The molecule has 0 saturated carbocycles. The first-order chi connectivity index (χ1) is 1.91. The van der Waals surface area contributed by atoms with Crippen LogP contribution in [0.5, 0.6) is 0 Å². The Labute approximate surface area is 58.8 Å². The number of rotatable bonds is 1. The van der Waals surface area contributed by atoms with Gasteiger partial charge in [-0.2, -0.15) is 0 Å². The molecule has 0 saturated heterocycles. The van der Waals surface area contributed by atoms with Crippen molar-refractivity contribution in [3.8, 4) is 0 Å². The first kappa shape index (κ1) is 25.6. The second-order valence-electron chi connectivity index (χ2n) is 0.789. The van der Waals surface area contributed by atoms with Gasteiger partial charge in [-0.15, -0.1) is 0 Å². The largest absolute Gasteiger partial charge is 4.00 e. The van der Waals surface area contributed by atoms with E-state index in [1.807, 2.05) is 0 Å². The van der Waals surface area contributed by atoms with E-state index < -0.39 is 0 Å². The smallest absolute Gasteiger partial charge is 2.00 e. The fraction of sp³-hybridized carbons (Fsp3) is 1.00. The summed E-state index contributed by atoms with van der Waals surface area (Å²) in [6.45, 7) is 2.88. The molecule has 0 radical (unpaired) electrons. The van der Waals surface area contributed by atoms with Crippen LogP contribution >= 0.6 is 0 Å². The van der Waals surface area contributed by atoms with Crippen LogP contribution in [0.1, 0.15) is 13.3 Å². The van der Waals surface area contributed by atoms with Crippen molar-refractivity contribution in [1.82, 2.24) is 0 Å². The molecule has 7 heavy (non-hydrogen) atoms. The van der Waals surface area contributed by atoms with Crippen LogP contribution < -0.4 is 5.73 Å². The van der Waals surface area contributed by atoms with Crippen LogP contribution in [0.15, 0.2) is 0 Å². The predicted octanol–water partition coefficient (Wildman–Crippen LogP) is 0.115. The van der Waals surface area contributed by atoms with Crippen molar-refractivity contribution in [3.05, 3.63) is 0 Å². The molecule has 0 unspecified atom stereocenters. The number of nitrogens with two attached hydrogens (primary N) is 1. The molecule has 0 rings (SSSR count). The van der Waals surface area contributed by atoms with E-state index in [-0.39, 0.29) is 32.7 Å². The van der Waals surface area contributed by atoms with E-state index in [1.54, 1.807) is 0 Å². The molecular weight excluding hydrogens is 130 g/mol. The van der Waals surface area contributed by atoms with Crippen molar-refractivity contribution in [2.75, 3.05) is 6.54 Å². The SMILES string of the molecule is CCCN.[O-2].[O-2].[Ti+4]. The fourth-order valence-corrected chi connectivity index (χ4v) is 0. The third-order valence-electron chi connectivity index (χ3n) is 0.289. The van der Waals surface area contributed by atoms with Gasteiger partial charge in [0, 0.05) is 0 Å². The Hall–Kier alpha value is 0.594. The van der Waals surface area contributed by atoms with Gasteiger partial charge in [0.1, 0.15) is 0 Å². The van der Waals surface area contributed by atoms with Gasteiger partial charge in [-0.05, 0) is 13.0 Å². The van der Waals surface area contributed by atoms with Crippen LogP contribution in [-0.2, 0) is 32.7 Å². The van der Waals surface area contributed by atoms with E-state index >= 15 is 0 Å². The summed E-state index contributed by atoms with van der Waals surface area (Å²) in [7, 11) is 0. The molecule has 42 valence electrons. The molecule has 0 spiro atoms. The molecule has 3 nitrogen and oxygen atoms in total. The summed E-state index contributed by atoms with van der Waals surface area (Å²) in [6, 6.07) is 0. The predicted molar refractivity (Wildman–Crippen MR) is 20.7 cm³/mol. The maximum absolute atomic E-state index is 5.03. The van der Waals surface area contributed by atoms with Crippen LogP contribution in [-0.4, -0.2) is 6.54 Å². The summed E-state index contributed by atoms with van der Waals surface area (Å²) in [5.74, 6) is 0. The Morgan fingerprint density at radius 1 is 1.29 bits per heavy atom. The monoisotopic (exact) mass is 139 g/mol. The van der Waals surface area contributed by atoms with Gasteiger partial charge in [0.2, 0.25) is 0 Å². The zero-order valence-corrected chi connectivity index (χ0v) is 5.87. The minimum atomic E-state index is 0. The second-order valence-corrected chi connectivity index (χ2v) is 0.789. The van der Waals surface area contributed by atoms with Gasteiger partial charge in [0.15, 0.2) is 0 Å². The maximum Gasteiger partial charge on any atom is 4.00 e. The van der Waals surface area contributed by atoms with Crippen LogP contribution in [0.4, 0.5) is 0 Å². The molecule has 0 aliphatic heterocycles. The average molecular weight is 139 g/mol. The van der Waals surface area contributed by atoms with Crippen molar-refractivity contribution in [2.45, 2.75) is 13.3 Å². The Morgan fingerprint density at radius 3 is 1.43 bits per heavy atom. The van der Waals surface area contributed by atoms with Crippen molar-refractivity contribution in [1.29, 1.82) is 0 Å². The third-order valence-corrected chi connectivity index (χ3v) is 0.289. The zero-order chi connectivity index (χ0) is 3.41. The molecule has 4 heteroatoms. The summed E-state index contributed by atoms with van der Waals surface area (Å²) >= 11 is 0. The molecule has 0 aliphatic rings. The Bertz CT molecular complexity index is 14.9. The molecular formula is C3H9NO2Ti. The van der Waals surface area contributed by atoms with Crippen LogP contribution in [0.25, 0.3) is 0 Å². The van der Waals surface area contributed by atoms with E-state index in [1.165, 1.54) is 0 Å². The van der Waals surface area contributed by atoms with Gasteiger partial charge in [0.25, 0.3) is 0 Å². The summed E-state index contributed by atoms with van der Waals surface area (Å²) in [5.41, 5.74) is 5.03. The first-order valence-electron chi connectivity index (χ1n) is 1.62. The van der Waals surface area contributed by atoms with E-state index in [0.29, 0.717) is 0 Å². The maximum atomic E-state index is 5.03. The molecule has 0 amide bonds. The normalized spacial score (nSPS) is 4.29. The molecule has 0 aliphatic carbocycles. The third kappa shape index (κ3) is 54.8. The molecule has 0 bridgehead atoms. The zero-order valence-electron chi connectivity index (χ0n) is 4.31. The second kappa shape index (κ2) is 30.7. The van der Waals surface area contributed by atoms with Crippen molar-refractivity contribution in [2.24, 2.45) is 5.73 Å². The summed E-state index contributed by atoms with van der Waals surface area (Å²) in [6.07, 6.45) is 1.10. The molecule has 0 fully saturated rings. The van der Waals surface area contributed by atoms with Crippen LogP contribution in [0.2, 0.25) is 0 Å². The van der Waals surface area contributed by atoms with E-state index in [4.69, 9.17) is 5.73 Å². The Kier molecular flexibility index (Phi) is 112. The van der Waals surface area contributed by atoms with E-state index in [2.05, 4.69) is 6.92 Å². The van der Waals surface area contributed by atoms with Gasteiger partial charge < -0.3 is 16.7 Å². The van der Waals surface area contributed by atoms with E-state index in [0.717, 1.165) is 13.0 Å². The van der Waals surface area contributed by atoms with Crippen LogP contribution in [0.3, 0.4) is 0 Å². The van der Waals surface area contributed by atoms with E-state index in [9.17, 15) is 0 Å². The van der Waals surface area contributed by atoms with Gasteiger partial charge in [-0.25, -0.2) is 0 Å². The number of hydrogen-bond donors (Lipinski definition) is 1. The topological polar surface area (TPSA) is 83.0 Å². The van der Waals surface area contributed by atoms with Crippen molar-refractivity contribution < 1.29 is 32.7 Å². The molecule has 0 atom stereocenters. The number of hydrogen-bond acceptors (Lipinski definition) is 1. The quantitative estimate of drug-likeness (QED) is 0.514. The van der Waals surface area contributed by atoms with Gasteiger partial charge in [-0.1, -0.05) is 6.92 Å². The summed E-state index contributed by atoms with van der Waals surface area (Å²) in [4.78, 5) is 0. The summed E-state index contributed by atoms with van der Waals surface area (Å²) in [5, 5.41) is 0. The Morgan fingerprint density at radius 2 is 1.43 bits per heavy atom. The van der Waals surface area contributed by atoms with Crippen molar-refractivity contribution >= 4 is 0 Å². The van der Waals surface area contributed by atoms with Crippen molar-refractivity contribution in [3.63, 3.8) is 0 Å². The molecule has 0 heterocycles.